The van der Waals surface area contributed by atoms with Crippen LogP contribution in [-0.4, -0.2) is 28.0 Å². The molecule has 2 rings (SSSR count). The minimum Gasteiger partial charge on any atom is -0.375 e. The molecule has 0 spiro atoms. The maximum absolute atomic E-state index is 5.72. The molecule has 2 N–H and O–H groups in total. The minimum absolute atomic E-state index is 0.567. The van der Waals surface area contributed by atoms with Gasteiger partial charge in [0.05, 0.1) is 23.0 Å². The van der Waals surface area contributed by atoms with Crippen LogP contribution in [0.15, 0.2) is 12.4 Å². The number of anilines is 2. The highest BCUT2D eigenvalue weighted by atomic mass is 32.1. The summed E-state index contributed by atoms with van der Waals surface area (Å²) in [5.41, 5.74) is 7.46. The van der Waals surface area contributed by atoms with Crippen molar-refractivity contribution in [3.05, 3.63) is 18.1 Å². The van der Waals surface area contributed by atoms with Crippen LogP contribution in [-0.2, 0) is 0 Å². The number of rotatable bonds is 4. The highest BCUT2D eigenvalue weighted by Crippen LogP contribution is 2.30. The fourth-order valence-corrected chi connectivity index (χ4v) is 2.61. The Morgan fingerprint density at radius 1 is 1.22 bits per heavy atom. The lowest BCUT2D eigenvalue weighted by Crippen LogP contribution is -2.23. The fraction of sp³-hybridized carbons (Fsp3) is 0.417. The Balaban J connectivity index is 2.41. The smallest absolute Gasteiger partial charge is 0.180 e. The van der Waals surface area contributed by atoms with Gasteiger partial charge >= 0.3 is 0 Å². The fourth-order valence-electron chi connectivity index (χ4n) is 1.82. The molecule has 5 nitrogen and oxygen atoms in total. The Bertz CT molecular complexity index is 533. The normalized spacial score (nSPS) is 10.6. The third-order valence-corrected chi connectivity index (χ3v) is 3.76. The van der Waals surface area contributed by atoms with Crippen LogP contribution >= 0.6 is 11.3 Å². The second kappa shape index (κ2) is 5.30. The number of aryl methyl sites for hydroxylation is 1. The van der Waals surface area contributed by atoms with Crippen molar-refractivity contribution in [2.45, 2.75) is 20.8 Å². The van der Waals surface area contributed by atoms with Crippen LogP contribution in [0.5, 0.6) is 0 Å². The molecule has 0 bridgehead atoms. The first-order chi connectivity index (χ1) is 8.65. The minimum atomic E-state index is 0.567. The largest absolute Gasteiger partial charge is 0.375 e. The summed E-state index contributed by atoms with van der Waals surface area (Å²) in [4.78, 5) is 16.3. The van der Waals surface area contributed by atoms with Crippen molar-refractivity contribution in [2.24, 2.45) is 0 Å². The summed E-state index contributed by atoms with van der Waals surface area (Å²) in [6.45, 7) is 7.98. The molecule has 0 atom stereocenters. The van der Waals surface area contributed by atoms with E-state index < -0.39 is 0 Å². The predicted molar refractivity (Wildman–Crippen MR) is 75.9 cm³/mol. The van der Waals surface area contributed by atoms with Gasteiger partial charge in [0.15, 0.2) is 5.13 Å². The number of nitrogens with zero attached hydrogens (tertiary/aromatic N) is 4. The lowest BCUT2D eigenvalue weighted by atomic mass is 10.3. The average molecular weight is 263 g/mol. The van der Waals surface area contributed by atoms with E-state index in [0.717, 1.165) is 35.2 Å². The second-order valence-corrected chi connectivity index (χ2v) is 4.93. The average Bonchev–Trinajstić information content (AvgIpc) is 2.70. The van der Waals surface area contributed by atoms with Crippen LogP contribution in [0, 0.1) is 6.92 Å². The molecule has 0 saturated heterocycles. The van der Waals surface area contributed by atoms with E-state index in [1.807, 2.05) is 6.92 Å². The number of nitrogens with two attached hydrogens (primary N) is 1. The molecule has 0 aliphatic carbocycles. The summed E-state index contributed by atoms with van der Waals surface area (Å²) in [5.74, 6) is 0.892. The van der Waals surface area contributed by atoms with Crippen molar-refractivity contribution >= 4 is 22.3 Å². The van der Waals surface area contributed by atoms with E-state index in [4.69, 9.17) is 5.73 Å². The Hall–Kier alpha value is -1.69. The van der Waals surface area contributed by atoms with Crippen LogP contribution in [0.3, 0.4) is 0 Å². The second-order valence-electron chi connectivity index (χ2n) is 3.90. The van der Waals surface area contributed by atoms with Crippen molar-refractivity contribution in [1.29, 1.82) is 0 Å². The highest BCUT2D eigenvalue weighted by Gasteiger charge is 2.12. The van der Waals surface area contributed by atoms with E-state index in [1.54, 1.807) is 12.4 Å². The zero-order valence-corrected chi connectivity index (χ0v) is 11.7. The molecule has 6 heteroatoms. The molecule has 0 aromatic carbocycles. The molecular formula is C12H17N5S. The highest BCUT2D eigenvalue weighted by molar-refractivity contribution is 7.18. The van der Waals surface area contributed by atoms with Gasteiger partial charge in [0.25, 0.3) is 0 Å². The van der Waals surface area contributed by atoms with Crippen LogP contribution in [0.4, 0.5) is 10.9 Å². The molecule has 2 aromatic rings. The summed E-state index contributed by atoms with van der Waals surface area (Å²) < 4.78 is 0. The first kappa shape index (κ1) is 12.8. The van der Waals surface area contributed by atoms with E-state index in [1.165, 1.54) is 11.3 Å². The Kier molecular flexibility index (Phi) is 3.76. The van der Waals surface area contributed by atoms with Gasteiger partial charge in [0, 0.05) is 13.1 Å². The lowest BCUT2D eigenvalue weighted by molar-refractivity contribution is 0.841. The molecule has 0 radical (unpaired) electrons. The Labute approximate surface area is 111 Å². The van der Waals surface area contributed by atoms with Crippen LogP contribution < -0.4 is 10.6 Å². The van der Waals surface area contributed by atoms with Crippen LogP contribution in [0.1, 0.15) is 19.5 Å². The monoisotopic (exact) mass is 263 g/mol. The maximum Gasteiger partial charge on any atom is 0.180 e. The lowest BCUT2D eigenvalue weighted by Gasteiger charge is -2.19. The Morgan fingerprint density at radius 2 is 1.94 bits per heavy atom. The van der Waals surface area contributed by atoms with Gasteiger partial charge in [-0.05, 0) is 20.8 Å². The van der Waals surface area contributed by atoms with Crippen molar-refractivity contribution in [1.82, 2.24) is 15.0 Å². The van der Waals surface area contributed by atoms with E-state index in [9.17, 15) is 0 Å². The molecule has 0 fully saturated rings. The summed E-state index contributed by atoms with van der Waals surface area (Å²) in [5, 5.41) is 0.567. The topological polar surface area (TPSA) is 67.9 Å². The quantitative estimate of drug-likeness (QED) is 0.917. The summed E-state index contributed by atoms with van der Waals surface area (Å²) >= 11 is 1.45. The number of nitrogen functional groups attached to an aromatic ring is 1. The van der Waals surface area contributed by atoms with Crippen molar-refractivity contribution in [3.63, 3.8) is 0 Å². The third kappa shape index (κ3) is 2.43. The van der Waals surface area contributed by atoms with Crippen molar-refractivity contribution in [3.8, 4) is 10.6 Å². The van der Waals surface area contributed by atoms with E-state index >= 15 is 0 Å². The van der Waals surface area contributed by atoms with Gasteiger partial charge in [-0.25, -0.2) is 9.97 Å². The molecule has 0 amide bonds. The molecule has 0 aliphatic rings. The van der Waals surface area contributed by atoms with Crippen molar-refractivity contribution < 1.29 is 0 Å². The third-order valence-electron chi connectivity index (χ3n) is 2.76. The van der Waals surface area contributed by atoms with Gasteiger partial charge in [-0.15, -0.1) is 0 Å². The van der Waals surface area contributed by atoms with Gasteiger partial charge in [-0.2, -0.15) is 0 Å². The molecule has 18 heavy (non-hydrogen) atoms. The molecule has 2 heterocycles. The van der Waals surface area contributed by atoms with E-state index in [2.05, 4.69) is 33.7 Å². The predicted octanol–water partition coefficient (Wildman–Crippen LogP) is 2.34. The van der Waals surface area contributed by atoms with E-state index in [-0.39, 0.29) is 0 Å². The number of hydrogen-bond acceptors (Lipinski definition) is 6. The molecule has 0 aliphatic heterocycles. The summed E-state index contributed by atoms with van der Waals surface area (Å²) in [6.07, 6.45) is 3.54. The number of aromatic nitrogens is 3. The zero-order valence-electron chi connectivity index (χ0n) is 10.8. The first-order valence-electron chi connectivity index (χ1n) is 5.96. The SMILES string of the molecule is CCN(CC)c1cncc(-c2sc(N)nc2C)n1. The molecule has 0 saturated carbocycles. The van der Waals surface area contributed by atoms with Gasteiger partial charge in [0.2, 0.25) is 0 Å². The van der Waals surface area contributed by atoms with Crippen molar-refractivity contribution in [2.75, 3.05) is 23.7 Å². The number of hydrogen-bond donors (Lipinski definition) is 1. The molecule has 0 unspecified atom stereocenters. The maximum atomic E-state index is 5.72. The molecule has 2 aromatic heterocycles. The zero-order chi connectivity index (χ0) is 13.1. The van der Waals surface area contributed by atoms with Gasteiger partial charge < -0.3 is 10.6 Å². The van der Waals surface area contributed by atoms with Gasteiger partial charge in [0.1, 0.15) is 11.5 Å². The summed E-state index contributed by atoms with van der Waals surface area (Å²) in [7, 11) is 0. The first-order valence-corrected chi connectivity index (χ1v) is 6.77. The van der Waals surface area contributed by atoms with Crippen LogP contribution in [0.25, 0.3) is 10.6 Å². The summed E-state index contributed by atoms with van der Waals surface area (Å²) in [6, 6.07) is 0. The molecular weight excluding hydrogens is 246 g/mol. The van der Waals surface area contributed by atoms with Crippen LogP contribution in [0.2, 0.25) is 0 Å². The molecule has 96 valence electrons. The Morgan fingerprint density at radius 3 is 2.50 bits per heavy atom. The standard InChI is InChI=1S/C12H17N5S/c1-4-17(5-2)10-7-14-6-9(16-10)11-8(3)15-12(13)18-11/h6-7H,4-5H2,1-3H3,(H2,13,15). The van der Waals surface area contributed by atoms with Gasteiger partial charge in [-0.1, -0.05) is 11.3 Å². The van der Waals surface area contributed by atoms with E-state index in [0.29, 0.717) is 5.13 Å². The van der Waals surface area contributed by atoms with Gasteiger partial charge in [-0.3, -0.25) is 4.98 Å². The number of thiazole rings is 1.